The minimum Gasteiger partial charge on any atom is -0.482 e. The largest absolute Gasteiger partial charge is 0.482 e. The topological polar surface area (TPSA) is 97.4 Å². The van der Waals surface area contributed by atoms with Crippen LogP contribution in [0.25, 0.3) is 11.3 Å². The van der Waals surface area contributed by atoms with Crippen LogP contribution in [0.5, 0.6) is 5.75 Å². The molecule has 7 nitrogen and oxygen atoms in total. The Hall–Kier alpha value is -2.98. The highest BCUT2D eigenvalue weighted by atomic mass is 32.2. The van der Waals surface area contributed by atoms with Gasteiger partial charge in [-0.3, -0.25) is 9.52 Å². The Morgan fingerprint density at radius 1 is 1.21 bits per heavy atom. The van der Waals surface area contributed by atoms with Gasteiger partial charge in [0, 0.05) is 10.9 Å². The van der Waals surface area contributed by atoms with E-state index in [-0.39, 0.29) is 23.4 Å². The number of halogens is 1. The highest BCUT2D eigenvalue weighted by Crippen LogP contribution is 2.34. The van der Waals surface area contributed by atoms with E-state index < -0.39 is 15.8 Å². The summed E-state index contributed by atoms with van der Waals surface area (Å²) in [4.78, 5) is 15.8. The third kappa shape index (κ3) is 4.12. The summed E-state index contributed by atoms with van der Waals surface area (Å²) in [7, 11) is -3.69. The molecule has 1 aliphatic rings. The van der Waals surface area contributed by atoms with Gasteiger partial charge in [-0.2, -0.15) is 0 Å². The van der Waals surface area contributed by atoms with E-state index in [4.69, 9.17) is 4.74 Å². The number of amides is 1. The van der Waals surface area contributed by atoms with Gasteiger partial charge < -0.3 is 10.1 Å². The van der Waals surface area contributed by atoms with E-state index in [9.17, 15) is 17.6 Å². The summed E-state index contributed by atoms with van der Waals surface area (Å²) in [6.07, 6.45) is 0. The van der Waals surface area contributed by atoms with Crippen molar-refractivity contribution in [2.75, 3.05) is 16.6 Å². The maximum Gasteiger partial charge on any atom is 0.262 e. The highest BCUT2D eigenvalue weighted by molar-refractivity contribution is 7.92. The van der Waals surface area contributed by atoms with E-state index in [0.29, 0.717) is 28.3 Å². The number of aromatic nitrogens is 1. The third-order valence-corrected chi connectivity index (χ3v) is 6.03. The van der Waals surface area contributed by atoms with Crippen LogP contribution in [0.1, 0.15) is 5.56 Å². The fraction of sp³-hybridized carbons (Fsp3) is 0.111. The predicted octanol–water partition coefficient (Wildman–Crippen LogP) is 3.22. The summed E-state index contributed by atoms with van der Waals surface area (Å²) in [5.41, 5.74) is 2.29. The van der Waals surface area contributed by atoms with Crippen LogP contribution in [0.15, 0.2) is 47.8 Å². The molecule has 2 heterocycles. The van der Waals surface area contributed by atoms with Gasteiger partial charge in [0.25, 0.3) is 5.91 Å². The third-order valence-electron chi connectivity index (χ3n) is 3.93. The first kappa shape index (κ1) is 18.4. The number of anilines is 2. The first-order valence-corrected chi connectivity index (χ1v) is 10.7. The normalized spacial score (nSPS) is 13.4. The van der Waals surface area contributed by atoms with Crippen molar-refractivity contribution < 1.29 is 22.3 Å². The number of carbonyl (C=O) groups excluding carboxylic acids is 1. The molecule has 28 heavy (non-hydrogen) atoms. The van der Waals surface area contributed by atoms with Crippen LogP contribution in [0.4, 0.5) is 15.2 Å². The van der Waals surface area contributed by atoms with Crippen molar-refractivity contribution in [3.05, 3.63) is 59.2 Å². The SMILES string of the molecule is O=C1COc2ccc(-c3csc(NS(=O)(=O)Cc4ccc(F)cc4)n3)cc2N1. The van der Waals surface area contributed by atoms with Gasteiger partial charge in [0.2, 0.25) is 10.0 Å². The number of thiazole rings is 1. The van der Waals surface area contributed by atoms with Crippen LogP contribution in [-0.2, 0) is 20.6 Å². The van der Waals surface area contributed by atoms with E-state index in [1.54, 1.807) is 23.6 Å². The van der Waals surface area contributed by atoms with Crippen molar-refractivity contribution in [2.45, 2.75) is 5.75 Å². The molecule has 2 N–H and O–H groups in total. The van der Waals surface area contributed by atoms with E-state index in [1.807, 2.05) is 0 Å². The molecule has 0 radical (unpaired) electrons. The number of fused-ring (bicyclic) bond motifs is 1. The molecule has 0 spiro atoms. The summed E-state index contributed by atoms with van der Waals surface area (Å²) < 4.78 is 45.4. The van der Waals surface area contributed by atoms with Crippen LogP contribution >= 0.6 is 11.3 Å². The Balaban J connectivity index is 1.50. The number of benzene rings is 2. The molecule has 144 valence electrons. The molecule has 1 amide bonds. The van der Waals surface area contributed by atoms with Crippen molar-refractivity contribution >= 4 is 38.1 Å². The molecule has 0 aliphatic carbocycles. The smallest absolute Gasteiger partial charge is 0.262 e. The molecular weight excluding hydrogens is 405 g/mol. The van der Waals surface area contributed by atoms with Gasteiger partial charge in [0.05, 0.1) is 17.1 Å². The summed E-state index contributed by atoms with van der Waals surface area (Å²) in [5, 5.41) is 4.65. The van der Waals surface area contributed by atoms with Crippen LogP contribution in [0.3, 0.4) is 0 Å². The zero-order valence-electron chi connectivity index (χ0n) is 14.3. The van der Waals surface area contributed by atoms with Crippen LogP contribution < -0.4 is 14.8 Å². The van der Waals surface area contributed by atoms with Crippen LogP contribution in [0, 0.1) is 5.82 Å². The van der Waals surface area contributed by atoms with E-state index in [0.717, 1.165) is 11.3 Å². The van der Waals surface area contributed by atoms with Crippen LogP contribution in [-0.4, -0.2) is 25.9 Å². The number of carbonyl (C=O) groups is 1. The molecule has 2 aromatic carbocycles. The average Bonchev–Trinajstić information content (AvgIpc) is 3.10. The number of nitrogens with zero attached hydrogens (tertiary/aromatic N) is 1. The monoisotopic (exact) mass is 419 g/mol. The molecule has 0 saturated carbocycles. The summed E-state index contributed by atoms with van der Waals surface area (Å²) >= 11 is 1.14. The second-order valence-electron chi connectivity index (χ2n) is 6.07. The maximum atomic E-state index is 13.0. The summed E-state index contributed by atoms with van der Waals surface area (Å²) in [5.74, 6) is -0.383. The van der Waals surface area contributed by atoms with Gasteiger partial charge in [-0.1, -0.05) is 12.1 Å². The Morgan fingerprint density at radius 2 is 2.00 bits per heavy atom. The standard InChI is InChI=1S/C18H14FN3O4S2/c19-13-4-1-11(2-5-13)10-28(24,25)22-18-21-15(9-27-18)12-3-6-16-14(7-12)20-17(23)8-26-16/h1-7,9H,8,10H2,(H,20,23)(H,21,22). The van der Waals surface area contributed by atoms with E-state index in [1.165, 1.54) is 24.3 Å². The predicted molar refractivity (Wildman–Crippen MR) is 104 cm³/mol. The quantitative estimate of drug-likeness (QED) is 0.662. The van der Waals surface area contributed by atoms with Crippen LogP contribution in [0.2, 0.25) is 0 Å². The molecule has 1 aromatic heterocycles. The molecule has 3 aromatic rings. The first-order valence-electron chi connectivity index (χ1n) is 8.15. The number of nitrogens with one attached hydrogen (secondary N) is 2. The summed E-state index contributed by atoms with van der Waals surface area (Å²) in [6, 6.07) is 10.5. The van der Waals surface area contributed by atoms with Crippen molar-refractivity contribution in [1.82, 2.24) is 4.98 Å². The number of ether oxygens (including phenoxy) is 1. The number of hydrogen-bond acceptors (Lipinski definition) is 6. The fourth-order valence-electron chi connectivity index (χ4n) is 2.66. The minimum absolute atomic E-state index is 0.0248. The van der Waals surface area contributed by atoms with E-state index >= 15 is 0 Å². The van der Waals surface area contributed by atoms with Gasteiger partial charge in [-0.25, -0.2) is 17.8 Å². The highest BCUT2D eigenvalue weighted by Gasteiger charge is 2.18. The lowest BCUT2D eigenvalue weighted by atomic mass is 10.1. The van der Waals surface area contributed by atoms with Gasteiger partial charge in [0.1, 0.15) is 11.6 Å². The van der Waals surface area contributed by atoms with Crippen molar-refractivity contribution in [1.29, 1.82) is 0 Å². The zero-order chi connectivity index (χ0) is 19.7. The van der Waals surface area contributed by atoms with E-state index in [2.05, 4.69) is 15.0 Å². The van der Waals surface area contributed by atoms with Crippen molar-refractivity contribution in [3.63, 3.8) is 0 Å². The number of hydrogen-bond donors (Lipinski definition) is 2. The Labute approximate surface area is 164 Å². The van der Waals surface area contributed by atoms with Gasteiger partial charge >= 0.3 is 0 Å². The maximum absolute atomic E-state index is 13.0. The summed E-state index contributed by atoms with van der Waals surface area (Å²) in [6.45, 7) is -0.0248. The van der Waals surface area contributed by atoms with Crippen molar-refractivity contribution in [2.24, 2.45) is 0 Å². The molecule has 0 saturated heterocycles. The Kier molecular flexibility index (Phi) is 4.73. The lowest BCUT2D eigenvalue weighted by molar-refractivity contribution is -0.118. The fourth-order valence-corrected chi connectivity index (χ4v) is 4.82. The minimum atomic E-state index is -3.69. The van der Waals surface area contributed by atoms with Gasteiger partial charge in [-0.15, -0.1) is 11.3 Å². The second kappa shape index (κ2) is 7.21. The number of sulfonamides is 1. The molecular formula is C18H14FN3O4S2. The molecule has 0 bridgehead atoms. The molecule has 0 atom stereocenters. The number of rotatable bonds is 5. The zero-order valence-corrected chi connectivity index (χ0v) is 15.9. The molecule has 0 unspecified atom stereocenters. The molecule has 1 aliphatic heterocycles. The lowest BCUT2D eigenvalue weighted by Gasteiger charge is -2.18. The molecule has 10 heteroatoms. The van der Waals surface area contributed by atoms with Gasteiger partial charge in [-0.05, 0) is 35.9 Å². The first-order chi connectivity index (χ1) is 13.4. The van der Waals surface area contributed by atoms with Crippen molar-refractivity contribution in [3.8, 4) is 17.0 Å². The second-order valence-corrected chi connectivity index (χ2v) is 8.65. The molecule has 0 fully saturated rings. The lowest BCUT2D eigenvalue weighted by Crippen LogP contribution is -2.25. The Morgan fingerprint density at radius 3 is 2.79 bits per heavy atom. The molecule has 4 rings (SSSR count). The Bertz CT molecular complexity index is 1140. The average molecular weight is 419 g/mol. The van der Waals surface area contributed by atoms with Gasteiger partial charge in [0.15, 0.2) is 11.7 Å².